The summed E-state index contributed by atoms with van der Waals surface area (Å²) in [5, 5.41) is -0.888. The first-order valence-corrected chi connectivity index (χ1v) is 7.75. The van der Waals surface area contributed by atoms with Crippen LogP contribution in [-0.4, -0.2) is 31.8 Å². The molecule has 0 fully saturated rings. The molecule has 106 valence electrons. The van der Waals surface area contributed by atoms with Gasteiger partial charge in [-0.25, -0.2) is 13.1 Å². The summed E-state index contributed by atoms with van der Waals surface area (Å²) in [5.74, 6) is 0.710. The molecule has 0 aromatic heterocycles. The topological polar surface area (TPSA) is 81.4 Å². The normalized spacial score (nSPS) is 12.9. The monoisotopic (exact) mass is 302 g/mol. The van der Waals surface area contributed by atoms with Crippen molar-refractivity contribution in [3.05, 3.63) is 29.8 Å². The summed E-state index contributed by atoms with van der Waals surface area (Å²) in [4.78, 5) is -0.0490. The van der Waals surface area contributed by atoms with Crippen LogP contribution >= 0.6 is 12.2 Å². The molecule has 0 heterocycles. The van der Waals surface area contributed by atoms with Crippen LogP contribution in [0.1, 0.15) is 12.5 Å². The second kappa shape index (κ2) is 6.83. The largest absolute Gasteiger partial charge is 0.492 e. The van der Waals surface area contributed by atoms with Crippen LogP contribution in [0, 0.1) is 6.92 Å². The van der Waals surface area contributed by atoms with Gasteiger partial charge in [0.25, 0.3) is 0 Å². The molecule has 0 saturated carbocycles. The third-order valence-electron chi connectivity index (χ3n) is 2.53. The first-order chi connectivity index (χ1) is 8.83. The van der Waals surface area contributed by atoms with Crippen molar-refractivity contribution in [1.29, 1.82) is 0 Å². The van der Waals surface area contributed by atoms with E-state index in [-0.39, 0.29) is 18.1 Å². The average Bonchev–Trinajstić information content (AvgIpc) is 2.33. The van der Waals surface area contributed by atoms with Gasteiger partial charge in [0.05, 0.1) is 4.99 Å². The summed E-state index contributed by atoms with van der Waals surface area (Å²) in [5.41, 5.74) is 6.40. The molecule has 0 aliphatic heterocycles. The third-order valence-corrected chi connectivity index (χ3v) is 4.82. The lowest BCUT2D eigenvalue weighted by Crippen LogP contribution is -2.41. The summed E-state index contributed by atoms with van der Waals surface area (Å²) in [6, 6.07) is 7.54. The fourth-order valence-corrected chi connectivity index (χ4v) is 2.64. The number of nitrogens with two attached hydrogens (primary N) is 1. The predicted molar refractivity (Wildman–Crippen MR) is 79.8 cm³/mol. The predicted octanol–water partition coefficient (Wildman–Crippen LogP) is 0.968. The quantitative estimate of drug-likeness (QED) is 0.579. The van der Waals surface area contributed by atoms with E-state index < -0.39 is 15.3 Å². The first-order valence-electron chi connectivity index (χ1n) is 5.80. The van der Waals surface area contributed by atoms with Crippen LogP contribution in [0.25, 0.3) is 0 Å². The number of benzene rings is 1. The van der Waals surface area contributed by atoms with Gasteiger partial charge in [-0.3, -0.25) is 0 Å². The molecule has 3 N–H and O–H groups in total. The molecule has 0 amide bonds. The minimum absolute atomic E-state index is 0.0490. The van der Waals surface area contributed by atoms with Crippen molar-refractivity contribution < 1.29 is 13.2 Å². The average molecular weight is 302 g/mol. The lowest BCUT2D eigenvalue weighted by Gasteiger charge is -2.13. The van der Waals surface area contributed by atoms with E-state index >= 15 is 0 Å². The molecule has 1 atom stereocenters. The molecule has 1 aromatic rings. The molecule has 0 aliphatic rings. The molecular weight excluding hydrogens is 284 g/mol. The van der Waals surface area contributed by atoms with Gasteiger partial charge in [-0.15, -0.1) is 0 Å². The van der Waals surface area contributed by atoms with Crippen molar-refractivity contribution in [2.24, 2.45) is 5.73 Å². The number of rotatable bonds is 7. The highest BCUT2D eigenvalue weighted by Gasteiger charge is 2.22. The van der Waals surface area contributed by atoms with E-state index in [1.54, 1.807) is 0 Å². The van der Waals surface area contributed by atoms with E-state index in [1.165, 1.54) is 6.92 Å². The van der Waals surface area contributed by atoms with Gasteiger partial charge in [-0.2, -0.15) is 0 Å². The first kappa shape index (κ1) is 15.9. The molecule has 1 unspecified atom stereocenters. The van der Waals surface area contributed by atoms with E-state index in [2.05, 4.69) is 16.9 Å². The molecule has 0 saturated heterocycles. The Morgan fingerprint density at radius 1 is 1.53 bits per heavy atom. The Morgan fingerprint density at radius 3 is 2.79 bits per heavy atom. The molecule has 19 heavy (non-hydrogen) atoms. The van der Waals surface area contributed by atoms with Crippen LogP contribution in [0.3, 0.4) is 0 Å². The molecule has 0 spiro atoms. The molecule has 0 aliphatic carbocycles. The van der Waals surface area contributed by atoms with Gasteiger partial charge < -0.3 is 10.5 Å². The summed E-state index contributed by atoms with van der Waals surface area (Å²) < 4.78 is 31.2. The van der Waals surface area contributed by atoms with Gasteiger partial charge in [-0.1, -0.05) is 24.4 Å². The van der Waals surface area contributed by atoms with Gasteiger partial charge in [-0.05, 0) is 31.5 Å². The minimum Gasteiger partial charge on any atom is -0.492 e. The lowest BCUT2D eigenvalue weighted by atomic mass is 10.2. The van der Waals surface area contributed by atoms with Crippen LogP contribution in [0.5, 0.6) is 5.75 Å². The number of nitrogens with one attached hydrogen (secondary N) is 1. The number of hydrogen-bond acceptors (Lipinski definition) is 4. The zero-order chi connectivity index (χ0) is 14.5. The fraction of sp³-hybridized carbons (Fsp3) is 0.417. The second-order valence-corrected chi connectivity index (χ2v) is 6.71. The maximum atomic E-state index is 11.7. The van der Waals surface area contributed by atoms with Crippen LogP contribution < -0.4 is 15.2 Å². The number of sulfonamides is 1. The van der Waals surface area contributed by atoms with E-state index in [0.29, 0.717) is 5.75 Å². The second-order valence-electron chi connectivity index (χ2n) is 4.15. The van der Waals surface area contributed by atoms with Crippen molar-refractivity contribution in [1.82, 2.24) is 4.72 Å². The van der Waals surface area contributed by atoms with Gasteiger partial charge in [0.15, 0.2) is 0 Å². The highest BCUT2D eigenvalue weighted by atomic mass is 32.2. The molecule has 1 rings (SSSR count). The van der Waals surface area contributed by atoms with Crippen molar-refractivity contribution in [3.8, 4) is 5.75 Å². The maximum absolute atomic E-state index is 11.7. The Balaban J connectivity index is 2.41. The van der Waals surface area contributed by atoms with Gasteiger partial charge >= 0.3 is 0 Å². The Morgan fingerprint density at radius 2 is 2.21 bits per heavy atom. The van der Waals surface area contributed by atoms with E-state index in [4.69, 9.17) is 10.5 Å². The smallest absolute Gasteiger partial charge is 0.220 e. The summed E-state index contributed by atoms with van der Waals surface area (Å²) in [6.45, 7) is 3.82. The lowest BCUT2D eigenvalue weighted by molar-refractivity contribution is 0.322. The zero-order valence-corrected chi connectivity index (χ0v) is 12.6. The van der Waals surface area contributed by atoms with E-state index in [1.807, 2.05) is 31.2 Å². The van der Waals surface area contributed by atoms with Crippen molar-refractivity contribution in [3.63, 3.8) is 0 Å². The SMILES string of the molecule is Cc1cccc(OCCNS(=O)(=O)C(C)C(N)=S)c1. The fourth-order valence-electron chi connectivity index (χ4n) is 1.34. The van der Waals surface area contributed by atoms with Crippen LogP contribution in [0.15, 0.2) is 24.3 Å². The molecular formula is C12H18N2O3S2. The molecule has 5 nitrogen and oxygen atoms in total. The Kier molecular flexibility index (Phi) is 5.71. The van der Waals surface area contributed by atoms with Crippen molar-refractivity contribution in [2.75, 3.05) is 13.2 Å². The summed E-state index contributed by atoms with van der Waals surface area (Å²) in [7, 11) is -3.52. The number of ether oxygens (including phenoxy) is 1. The number of hydrogen-bond donors (Lipinski definition) is 2. The number of thiocarbonyl (C=S) groups is 1. The molecule has 7 heteroatoms. The highest BCUT2D eigenvalue weighted by Crippen LogP contribution is 2.11. The molecule has 0 bridgehead atoms. The molecule has 0 radical (unpaired) electrons. The van der Waals surface area contributed by atoms with E-state index in [0.717, 1.165) is 5.56 Å². The van der Waals surface area contributed by atoms with Crippen molar-refractivity contribution in [2.45, 2.75) is 19.1 Å². The third kappa shape index (κ3) is 5.14. The Hall–Kier alpha value is -1.18. The Labute approximate surface area is 119 Å². The van der Waals surface area contributed by atoms with Crippen molar-refractivity contribution >= 4 is 27.2 Å². The van der Waals surface area contributed by atoms with Crippen LogP contribution in [0.4, 0.5) is 0 Å². The van der Waals surface area contributed by atoms with Crippen LogP contribution in [0.2, 0.25) is 0 Å². The maximum Gasteiger partial charge on any atom is 0.220 e. The Bertz CT molecular complexity index is 544. The molecule has 1 aromatic carbocycles. The van der Waals surface area contributed by atoms with Gasteiger partial charge in [0.2, 0.25) is 10.0 Å². The number of aryl methyl sites for hydroxylation is 1. The zero-order valence-electron chi connectivity index (χ0n) is 10.9. The minimum atomic E-state index is -3.52. The van der Waals surface area contributed by atoms with Crippen LogP contribution in [-0.2, 0) is 10.0 Å². The van der Waals surface area contributed by atoms with Gasteiger partial charge in [0.1, 0.15) is 17.6 Å². The summed E-state index contributed by atoms with van der Waals surface area (Å²) >= 11 is 4.66. The van der Waals surface area contributed by atoms with Gasteiger partial charge in [0, 0.05) is 6.54 Å². The standard InChI is InChI=1S/C12H18N2O3S2/c1-9-4-3-5-11(8-9)17-7-6-14-19(15,16)10(2)12(13)18/h3-5,8,10,14H,6-7H2,1-2H3,(H2,13,18). The van der Waals surface area contributed by atoms with E-state index in [9.17, 15) is 8.42 Å². The highest BCUT2D eigenvalue weighted by molar-refractivity contribution is 7.93. The summed E-state index contributed by atoms with van der Waals surface area (Å²) in [6.07, 6.45) is 0.